The summed E-state index contributed by atoms with van der Waals surface area (Å²) in [7, 11) is 1.02. The second-order valence-corrected chi connectivity index (χ2v) is 16.7. The molecule has 0 aliphatic carbocycles. The van der Waals surface area contributed by atoms with Crippen molar-refractivity contribution in [2.45, 2.75) is 45.9 Å². The number of hydrogen-bond acceptors (Lipinski definition) is 5. The van der Waals surface area contributed by atoms with Crippen molar-refractivity contribution in [3.05, 3.63) is 10.6 Å². The van der Waals surface area contributed by atoms with E-state index < -0.39 is 16.6 Å². The van der Waals surface area contributed by atoms with E-state index in [9.17, 15) is 0 Å². The third kappa shape index (κ3) is 5.30. The number of rotatable bonds is 8. The number of methoxy groups -OCH3 is 3. The lowest BCUT2D eigenvalue weighted by Crippen LogP contribution is -2.31. The van der Waals surface area contributed by atoms with Crippen LogP contribution in [-0.2, 0) is 11.0 Å². The Balaban J connectivity index is 3.61. The molecule has 0 spiro atoms. The fraction of sp³-hybridized carbons (Fsp3) is 0.625. The van der Waals surface area contributed by atoms with Gasteiger partial charge in [0, 0.05) is 5.56 Å². The Morgan fingerprint density at radius 2 is 1.17 bits per heavy atom. The molecular weight excluding hydrogens is 364 g/mol. The van der Waals surface area contributed by atoms with Crippen LogP contribution in [-0.4, -0.2) is 38.0 Å². The normalized spacial score (nSPS) is 12.1. The Kier molecular flexibility index (Phi) is 7.04. The lowest BCUT2D eigenvalue weighted by molar-refractivity contribution is 0.285. The molecule has 0 heterocycles. The fourth-order valence-corrected chi connectivity index (χ4v) is 3.77. The van der Waals surface area contributed by atoms with E-state index in [0.29, 0.717) is 34.6 Å². The average Bonchev–Trinajstić information content (AvgIpc) is 2.43. The van der Waals surface area contributed by atoms with Gasteiger partial charge >= 0.3 is 0 Å². The summed E-state index contributed by atoms with van der Waals surface area (Å²) in [6.07, 6.45) is 0. The molecule has 5 nitrogen and oxygen atoms in total. The first kappa shape index (κ1) is 21.1. The van der Waals surface area contributed by atoms with E-state index >= 15 is 0 Å². The fourth-order valence-electron chi connectivity index (χ4n) is 2.06. The van der Waals surface area contributed by atoms with E-state index in [1.807, 2.05) is 0 Å². The molecule has 0 saturated heterocycles. The summed E-state index contributed by atoms with van der Waals surface area (Å²) < 4.78 is 28.8. The molecule has 0 N–H and O–H groups in total. The highest BCUT2D eigenvalue weighted by molar-refractivity contribution is 6.70. The van der Waals surface area contributed by atoms with Gasteiger partial charge in [-0.05, 0) is 39.3 Å². The van der Waals surface area contributed by atoms with Crippen LogP contribution >= 0.6 is 11.6 Å². The van der Waals surface area contributed by atoms with Crippen molar-refractivity contribution >= 4 is 28.2 Å². The molecule has 8 heteroatoms. The molecule has 1 aromatic rings. The van der Waals surface area contributed by atoms with Gasteiger partial charge in [-0.15, -0.1) is 0 Å². The maximum Gasteiger partial charge on any atom is 0.242 e. The third-order valence-electron chi connectivity index (χ3n) is 3.03. The molecular formula is C16H29ClO5Si2. The van der Waals surface area contributed by atoms with Crippen LogP contribution in [0, 0.1) is 0 Å². The molecule has 0 saturated carbocycles. The van der Waals surface area contributed by atoms with Gasteiger partial charge in [0.2, 0.25) is 19.8 Å². The smallest absolute Gasteiger partial charge is 0.242 e. The van der Waals surface area contributed by atoms with Crippen LogP contribution in [0.1, 0.15) is 5.56 Å². The first-order valence-corrected chi connectivity index (χ1v) is 15.0. The molecule has 0 aliphatic heterocycles. The third-order valence-corrected chi connectivity index (χ3v) is 5.25. The minimum atomic E-state index is -1.92. The van der Waals surface area contributed by atoms with Gasteiger partial charge in [-0.3, -0.25) is 0 Å². The summed E-state index contributed by atoms with van der Waals surface area (Å²) in [4.78, 5) is 0. The van der Waals surface area contributed by atoms with E-state index in [1.165, 1.54) is 0 Å². The Morgan fingerprint density at radius 1 is 0.708 bits per heavy atom. The van der Waals surface area contributed by atoms with Gasteiger partial charge < -0.3 is 23.1 Å². The summed E-state index contributed by atoms with van der Waals surface area (Å²) in [6.45, 7) is 13.0. The Hall–Kier alpha value is -0.896. The standard InChI is InChI=1S/C16H29ClO5Si2/c1-18-14-12(17)11(10-21-23(4,5)6)13(22-24(7,8)9)15(19-2)16(14)20-3/h10H2,1-9H3. The molecule has 0 atom stereocenters. The van der Waals surface area contributed by atoms with Crippen molar-refractivity contribution < 1.29 is 23.1 Å². The summed E-state index contributed by atoms with van der Waals surface area (Å²) in [5.41, 5.74) is 0.732. The van der Waals surface area contributed by atoms with Gasteiger partial charge in [0.05, 0.1) is 33.0 Å². The van der Waals surface area contributed by atoms with Crippen molar-refractivity contribution in [3.63, 3.8) is 0 Å². The van der Waals surface area contributed by atoms with Crippen LogP contribution < -0.4 is 18.6 Å². The van der Waals surface area contributed by atoms with Gasteiger partial charge in [0.25, 0.3) is 0 Å². The van der Waals surface area contributed by atoms with Gasteiger partial charge in [-0.1, -0.05) is 11.6 Å². The van der Waals surface area contributed by atoms with Crippen LogP contribution in [0.15, 0.2) is 0 Å². The molecule has 24 heavy (non-hydrogen) atoms. The van der Waals surface area contributed by atoms with Gasteiger partial charge in [-0.25, -0.2) is 0 Å². The lowest BCUT2D eigenvalue weighted by atomic mass is 10.1. The highest BCUT2D eigenvalue weighted by Gasteiger charge is 2.31. The van der Waals surface area contributed by atoms with E-state index in [4.69, 9.17) is 34.7 Å². The molecule has 0 amide bonds. The van der Waals surface area contributed by atoms with Crippen molar-refractivity contribution in [3.8, 4) is 23.0 Å². The van der Waals surface area contributed by atoms with Crippen LogP contribution in [0.2, 0.25) is 44.3 Å². The molecule has 0 aromatic heterocycles. The van der Waals surface area contributed by atoms with Crippen molar-refractivity contribution in [1.29, 1.82) is 0 Å². The number of hydrogen-bond donors (Lipinski definition) is 0. The predicted octanol–water partition coefficient (Wildman–Crippen LogP) is 4.93. The zero-order valence-corrected chi connectivity index (χ0v) is 18.9. The van der Waals surface area contributed by atoms with Crippen LogP contribution in [0.25, 0.3) is 0 Å². The van der Waals surface area contributed by atoms with Crippen LogP contribution in [0.4, 0.5) is 0 Å². The quantitative estimate of drug-likeness (QED) is 0.587. The van der Waals surface area contributed by atoms with Gasteiger partial charge in [0.15, 0.2) is 19.8 Å². The highest BCUT2D eigenvalue weighted by atomic mass is 35.5. The highest BCUT2D eigenvalue weighted by Crippen LogP contribution is 2.52. The molecule has 0 unspecified atom stereocenters. The van der Waals surface area contributed by atoms with Crippen molar-refractivity contribution in [2.75, 3.05) is 21.3 Å². The molecule has 0 radical (unpaired) electrons. The Labute approximate surface area is 152 Å². The minimum absolute atomic E-state index is 0.338. The van der Waals surface area contributed by atoms with Gasteiger partial charge in [-0.2, -0.15) is 0 Å². The topological polar surface area (TPSA) is 46.2 Å². The van der Waals surface area contributed by atoms with E-state index in [0.717, 1.165) is 5.56 Å². The molecule has 1 rings (SSSR count). The average molecular weight is 393 g/mol. The Morgan fingerprint density at radius 3 is 1.54 bits per heavy atom. The molecule has 1 aromatic carbocycles. The second kappa shape index (κ2) is 7.99. The minimum Gasteiger partial charge on any atom is -0.541 e. The maximum absolute atomic E-state index is 6.59. The van der Waals surface area contributed by atoms with Gasteiger partial charge in [0.1, 0.15) is 0 Å². The summed E-state index contributed by atoms with van der Waals surface area (Å²) in [5, 5.41) is 0.432. The molecule has 0 aliphatic rings. The molecule has 0 fully saturated rings. The number of halogens is 1. The van der Waals surface area contributed by atoms with Crippen LogP contribution in [0.5, 0.6) is 23.0 Å². The first-order chi connectivity index (χ1) is 10.9. The maximum atomic E-state index is 6.59. The van der Waals surface area contributed by atoms with E-state index in [-0.39, 0.29) is 0 Å². The lowest BCUT2D eigenvalue weighted by Gasteiger charge is -2.28. The zero-order valence-electron chi connectivity index (χ0n) is 16.1. The summed E-state index contributed by atoms with van der Waals surface area (Å²) in [5.74, 6) is 1.91. The number of ether oxygens (including phenoxy) is 3. The first-order valence-electron chi connectivity index (χ1n) is 7.78. The second-order valence-electron chi connectivity index (χ2n) is 7.34. The van der Waals surface area contributed by atoms with E-state index in [2.05, 4.69) is 39.3 Å². The van der Waals surface area contributed by atoms with Crippen molar-refractivity contribution in [1.82, 2.24) is 0 Å². The summed E-state index contributed by atoms with van der Waals surface area (Å²) >= 11 is 6.59. The number of benzene rings is 1. The SMILES string of the molecule is COc1c(Cl)c(CO[Si](C)(C)C)c(O[Si](C)(C)C)c(OC)c1OC. The molecule has 138 valence electrons. The van der Waals surface area contributed by atoms with Crippen molar-refractivity contribution in [2.24, 2.45) is 0 Å². The summed E-state index contributed by atoms with van der Waals surface area (Å²) in [6, 6.07) is 0. The van der Waals surface area contributed by atoms with Crippen LogP contribution in [0.3, 0.4) is 0 Å². The van der Waals surface area contributed by atoms with E-state index in [1.54, 1.807) is 21.3 Å². The molecule has 0 bridgehead atoms. The predicted molar refractivity (Wildman–Crippen MR) is 103 cm³/mol. The zero-order chi connectivity index (χ0) is 18.7. The Bertz CT molecular complexity index is 580. The monoisotopic (exact) mass is 392 g/mol. The largest absolute Gasteiger partial charge is 0.541 e.